The Kier molecular flexibility index (Phi) is 6.55. The molecule has 0 aliphatic heterocycles. The van der Waals surface area contributed by atoms with Crippen molar-refractivity contribution < 1.29 is 19.4 Å². The Balaban J connectivity index is 2.38. The molecule has 1 amide bonds. The first kappa shape index (κ1) is 15.7. The molecule has 19 heavy (non-hydrogen) atoms. The van der Waals surface area contributed by atoms with Gasteiger partial charge < -0.3 is 15.2 Å². The molecule has 0 aliphatic rings. The molecule has 0 aliphatic carbocycles. The number of carboxylic acid groups (broad SMARTS) is 1. The lowest BCUT2D eigenvalue weighted by molar-refractivity contribution is -0.140. The van der Waals surface area contributed by atoms with Crippen LogP contribution >= 0.6 is 22.9 Å². The van der Waals surface area contributed by atoms with Gasteiger partial charge in [0.25, 0.3) is 0 Å². The van der Waals surface area contributed by atoms with Crippen molar-refractivity contribution >= 4 is 40.9 Å². The van der Waals surface area contributed by atoms with Crippen LogP contribution in [0.25, 0.3) is 6.08 Å². The summed E-state index contributed by atoms with van der Waals surface area (Å²) in [6.07, 6.45) is 2.33. The number of thiophene rings is 1. The average molecular weight is 304 g/mol. The quantitative estimate of drug-likeness (QED) is 0.756. The highest BCUT2D eigenvalue weighted by Crippen LogP contribution is 2.22. The molecular formula is C12H14ClNO4S. The van der Waals surface area contributed by atoms with Crippen molar-refractivity contribution in [2.45, 2.75) is 12.5 Å². The van der Waals surface area contributed by atoms with E-state index in [0.717, 1.165) is 4.88 Å². The van der Waals surface area contributed by atoms with Crippen molar-refractivity contribution in [2.24, 2.45) is 0 Å². The third-order valence-corrected chi connectivity index (χ3v) is 3.43. The van der Waals surface area contributed by atoms with Gasteiger partial charge >= 0.3 is 5.97 Å². The summed E-state index contributed by atoms with van der Waals surface area (Å²) in [6, 6.07) is 3.55. The minimum atomic E-state index is -0.968. The number of carbonyl (C=O) groups is 2. The predicted molar refractivity (Wildman–Crippen MR) is 74.4 cm³/mol. The number of hydrogen-bond donors (Lipinski definition) is 2. The highest BCUT2D eigenvalue weighted by atomic mass is 35.5. The van der Waals surface area contributed by atoms with Gasteiger partial charge in [-0.3, -0.25) is 9.59 Å². The molecule has 104 valence electrons. The van der Waals surface area contributed by atoms with Crippen LogP contribution in [0.3, 0.4) is 0 Å². The average Bonchev–Trinajstić information content (AvgIpc) is 2.77. The molecule has 1 aromatic rings. The molecule has 7 heteroatoms. The van der Waals surface area contributed by atoms with Gasteiger partial charge in [0, 0.05) is 24.6 Å². The zero-order valence-corrected chi connectivity index (χ0v) is 11.8. The maximum Gasteiger partial charge on any atom is 0.306 e. The molecule has 0 spiro atoms. The molecule has 0 fully saturated rings. The van der Waals surface area contributed by atoms with E-state index in [9.17, 15) is 9.59 Å². The third kappa shape index (κ3) is 6.37. The number of halogens is 1. The summed E-state index contributed by atoms with van der Waals surface area (Å²) in [6.45, 7) is 0.150. The van der Waals surface area contributed by atoms with Crippen LogP contribution in [0.5, 0.6) is 0 Å². The van der Waals surface area contributed by atoms with E-state index in [4.69, 9.17) is 21.4 Å². The largest absolute Gasteiger partial charge is 0.481 e. The van der Waals surface area contributed by atoms with Gasteiger partial charge in [-0.1, -0.05) is 11.6 Å². The third-order valence-electron chi connectivity index (χ3n) is 2.23. The molecule has 0 aromatic carbocycles. The Morgan fingerprint density at radius 3 is 2.84 bits per heavy atom. The van der Waals surface area contributed by atoms with E-state index < -0.39 is 12.1 Å². The van der Waals surface area contributed by atoms with Crippen molar-refractivity contribution in [1.82, 2.24) is 5.32 Å². The molecule has 1 atom stereocenters. The van der Waals surface area contributed by atoms with Gasteiger partial charge in [-0.25, -0.2) is 0 Å². The van der Waals surface area contributed by atoms with Crippen LogP contribution in [0, 0.1) is 0 Å². The lowest BCUT2D eigenvalue weighted by Crippen LogP contribution is -2.33. The lowest BCUT2D eigenvalue weighted by atomic mass is 10.2. The number of amides is 1. The summed E-state index contributed by atoms with van der Waals surface area (Å²) >= 11 is 7.12. The van der Waals surface area contributed by atoms with E-state index in [2.05, 4.69) is 5.32 Å². The molecule has 1 rings (SSSR count). The summed E-state index contributed by atoms with van der Waals surface area (Å²) in [4.78, 5) is 22.9. The van der Waals surface area contributed by atoms with E-state index in [1.165, 1.54) is 24.5 Å². The second-order valence-electron chi connectivity index (χ2n) is 3.68. The van der Waals surface area contributed by atoms with Crippen molar-refractivity contribution in [3.05, 3.63) is 27.4 Å². The maximum atomic E-state index is 11.5. The SMILES string of the molecule is COC(CNC(=O)/C=C/c1ccc(Cl)s1)CC(=O)O. The number of rotatable bonds is 7. The Hall–Kier alpha value is -1.37. The lowest BCUT2D eigenvalue weighted by Gasteiger charge is -2.12. The van der Waals surface area contributed by atoms with Crippen LogP contribution in [0.2, 0.25) is 4.34 Å². The molecule has 1 heterocycles. The number of ether oxygens (including phenoxy) is 1. The molecule has 0 saturated heterocycles. The van der Waals surface area contributed by atoms with Gasteiger partial charge in [0.1, 0.15) is 0 Å². The zero-order valence-electron chi connectivity index (χ0n) is 10.3. The van der Waals surface area contributed by atoms with Crippen LogP contribution in [0.4, 0.5) is 0 Å². The molecule has 0 saturated carbocycles. The van der Waals surface area contributed by atoms with Crippen LogP contribution in [-0.4, -0.2) is 36.7 Å². The van der Waals surface area contributed by atoms with Crippen molar-refractivity contribution in [3.63, 3.8) is 0 Å². The monoisotopic (exact) mass is 303 g/mol. The smallest absolute Gasteiger partial charge is 0.306 e. The van der Waals surface area contributed by atoms with Crippen molar-refractivity contribution in [1.29, 1.82) is 0 Å². The molecule has 1 unspecified atom stereocenters. The van der Waals surface area contributed by atoms with E-state index in [1.807, 2.05) is 0 Å². The topological polar surface area (TPSA) is 75.6 Å². The summed E-state index contributed by atoms with van der Waals surface area (Å²) < 4.78 is 5.60. The standard InChI is InChI=1S/C12H14ClNO4S/c1-18-8(6-12(16)17)7-14-11(15)5-3-9-2-4-10(13)19-9/h2-5,8H,6-7H2,1H3,(H,14,15)(H,16,17)/b5-3+. The predicted octanol–water partition coefficient (Wildman–Crippen LogP) is 2.02. The van der Waals surface area contributed by atoms with Gasteiger partial charge in [-0.05, 0) is 18.2 Å². The first-order valence-electron chi connectivity index (χ1n) is 5.47. The Morgan fingerprint density at radius 1 is 1.58 bits per heavy atom. The van der Waals surface area contributed by atoms with Crippen LogP contribution < -0.4 is 5.32 Å². The number of carbonyl (C=O) groups excluding carboxylic acids is 1. The van der Waals surface area contributed by atoms with E-state index in [-0.39, 0.29) is 18.9 Å². The molecule has 2 N–H and O–H groups in total. The first-order chi connectivity index (χ1) is 9.01. The van der Waals surface area contributed by atoms with Gasteiger partial charge in [0.15, 0.2) is 0 Å². The Morgan fingerprint density at radius 2 is 2.32 bits per heavy atom. The second kappa shape index (κ2) is 7.93. The van der Waals surface area contributed by atoms with Gasteiger partial charge in [-0.15, -0.1) is 11.3 Å². The second-order valence-corrected chi connectivity index (χ2v) is 5.42. The Bertz CT molecular complexity index is 472. The van der Waals surface area contributed by atoms with E-state index in [0.29, 0.717) is 4.34 Å². The fraction of sp³-hybridized carbons (Fsp3) is 0.333. The summed E-state index contributed by atoms with van der Waals surface area (Å²) in [5, 5.41) is 11.2. The fourth-order valence-electron chi connectivity index (χ4n) is 1.28. The highest BCUT2D eigenvalue weighted by Gasteiger charge is 2.12. The normalized spacial score (nSPS) is 12.5. The summed E-state index contributed by atoms with van der Waals surface area (Å²) in [5.41, 5.74) is 0. The number of carboxylic acids is 1. The fourth-order valence-corrected chi connectivity index (χ4v) is 2.25. The molecule has 0 radical (unpaired) electrons. The maximum absolute atomic E-state index is 11.5. The Labute approximate surface area is 119 Å². The van der Waals surface area contributed by atoms with Crippen LogP contribution in [0.15, 0.2) is 18.2 Å². The highest BCUT2D eigenvalue weighted by molar-refractivity contribution is 7.17. The summed E-state index contributed by atoms with van der Waals surface area (Å²) in [5.74, 6) is -1.28. The summed E-state index contributed by atoms with van der Waals surface area (Å²) in [7, 11) is 1.41. The minimum absolute atomic E-state index is 0.150. The van der Waals surface area contributed by atoms with Gasteiger partial charge in [0.05, 0.1) is 16.9 Å². The molecule has 0 bridgehead atoms. The van der Waals surface area contributed by atoms with Crippen LogP contribution in [0.1, 0.15) is 11.3 Å². The van der Waals surface area contributed by atoms with Gasteiger partial charge in [-0.2, -0.15) is 0 Å². The zero-order chi connectivity index (χ0) is 14.3. The number of methoxy groups -OCH3 is 1. The van der Waals surface area contributed by atoms with Crippen molar-refractivity contribution in [2.75, 3.05) is 13.7 Å². The number of hydrogen-bond acceptors (Lipinski definition) is 4. The van der Waals surface area contributed by atoms with E-state index >= 15 is 0 Å². The van der Waals surface area contributed by atoms with E-state index in [1.54, 1.807) is 18.2 Å². The molecule has 1 aromatic heterocycles. The van der Waals surface area contributed by atoms with Crippen LogP contribution in [-0.2, 0) is 14.3 Å². The first-order valence-corrected chi connectivity index (χ1v) is 6.66. The number of nitrogens with one attached hydrogen (secondary N) is 1. The molecule has 5 nitrogen and oxygen atoms in total. The minimum Gasteiger partial charge on any atom is -0.481 e. The van der Waals surface area contributed by atoms with Gasteiger partial charge in [0.2, 0.25) is 5.91 Å². The molecular weight excluding hydrogens is 290 g/mol. The number of aliphatic carboxylic acids is 1. The van der Waals surface area contributed by atoms with Crippen molar-refractivity contribution in [3.8, 4) is 0 Å².